The molecule has 3 rings (SSSR count). The Morgan fingerprint density at radius 2 is 1.43 bits per heavy atom. The average molecular weight is 546 g/mol. The summed E-state index contributed by atoms with van der Waals surface area (Å²) in [6.07, 6.45) is 21.8. The predicted molar refractivity (Wildman–Crippen MR) is 163 cm³/mol. The van der Waals surface area contributed by atoms with Crippen molar-refractivity contribution in [2.45, 2.75) is 136 Å². The lowest BCUT2D eigenvalue weighted by molar-refractivity contribution is -0.141. The summed E-state index contributed by atoms with van der Waals surface area (Å²) in [5.41, 5.74) is 2.87. The van der Waals surface area contributed by atoms with Crippen LogP contribution in [0.5, 0.6) is 5.88 Å². The van der Waals surface area contributed by atoms with E-state index in [1.54, 1.807) is 6.07 Å². The number of benzene rings is 1. The van der Waals surface area contributed by atoms with E-state index in [4.69, 9.17) is 4.74 Å². The zero-order valence-corrected chi connectivity index (χ0v) is 25.1. The lowest BCUT2D eigenvalue weighted by Gasteiger charge is -2.34. The van der Waals surface area contributed by atoms with E-state index < -0.39 is 0 Å². The Morgan fingerprint density at radius 3 is 2.00 bits per heavy atom. The van der Waals surface area contributed by atoms with Crippen molar-refractivity contribution in [3.8, 4) is 23.2 Å². The van der Waals surface area contributed by atoms with Gasteiger partial charge in [0, 0.05) is 11.6 Å². The number of esters is 1. The van der Waals surface area contributed by atoms with Gasteiger partial charge in [0.1, 0.15) is 0 Å². The molecular weight excluding hydrogens is 494 g/mol. The number of hydrogen-bond donors (Lipinski definition) is 0. The van der Waals surface area contributed by atoms with Gasteiger partial charge in [0.15, 0.2) is 0 Å². The molecule has 1 fully saturated rings. The highest BCUT2D eigenvalue weighted by Gasteiger charge is 2.38. The number of aromatic nitrogens is 2. The molecule has 0 amide bonds. The lowest BCUT2D eigenvalue weighted by Crippen LogP contribution is -2.31. The zero-order chi connectivity index (χ0) is 28.5. The summed E-state index contributed by atoms with van der Waals surface area (Å²) in [6, 6.07) is 14.7. The van der Waals surface area contributed by atoms with Crippen LogP contribution in [0.1, 0.15) is 135 Å². The molecule has 0 spiro atoms. The zero-order valence-electron chi connectivity index (χ0n) is 25.1. The first-order valence-corrected chi connectivity index (χ1v) is 16.1. The van der Waals surface area contributed by atoms with Gasteiger partial charge in [-0.3, -0.25) is 4.79 Å². The standard InChI is InChI=1S/C35H51N3O2/c1-3-5-7-9-10-11-12-14-16-29-17-19-30(20-18-29)32-21-22-33(38-37-32)40-34(39)31-23-26-35(28-36,27-24-31)25-15-13-8-6-4-2/h17-22,31H,3-16,23-27H2,1-2H3/t31-,35-. The summed E-state index contributed by atoms with van der Waals surface area (Å²) in [6.45, 7) is 4.48. The molecule has 40 heavy (non-hydrogen) atoms. The van der Waals surface area contributed by atoms with Gasteiger partial charge in [-0.15, -0.1) is 10.2 Å². The van der Waals surface area contributed by atoms with Gasteiger partial charge in [0.2, 0.25) is 5.88 Å². The van der Waals surface area contributed by atoms with Crippen molar-refractivity contribution in [2.24, 2.45) is 11.3 Å². The first kappa shape index (κ1) is 31.8. The summed E-state index contributed by atoms with van der Waals surface area (Å²) in [7, 11) is 0. The molecule has 0 bridgehead atoms. The van der Waals surface area contributed by atoms with E-state index in [2.05, 4.69) is 54.4 Å². The van der Waals surface area contributed by atoms with E-state index in [0.29, 0.717) is 12.8 Å². The highest BCUT2D eigenvalue weighted by Crippen LogP contribution is 2.42. The Labute approximate surface area is 243 Å². The molecular formula is C35H51N3O2. The number of nitriles is 1. The van der Waals surface area contributed by atoms with Gasteiger partial charge in [0.25, 0.3) is 0 Å². The van der Waals surface area contributed by atoms with Gasteiger partial charge in [0.05, 0.1) is 23.1 Å². The summed E-state index contributed by atoms with van der Waals surface area (Å²) >= 11 is 0. The van der Waals surface area contributed by atoms with Crippen LogP contribution < -0.4 is 4.74 Å². The monoisotopic (exact) mass is 545 g/mol. The molecule has 218 valence electrons. The topological polar surface area (TPSA) is 75.9 Å². The Morgan fingerprint density at radius 1 is 0.825 bits per heavy atom. The van der Waals surface area contributed by atoms with Gasteiger partial charge in [-0.1, -0.05) is 115 Å². The Hall–Kier alpha value is -2.74. The Bertz CT molecular complexity index is 1020. The first-order valence-electron chi connectivity index (χ1n) is 16.1. The number of nitrogens with zero attached hydrogens (tertiary/aromatic N) is 3. The number of carbonyl (C=O) groups excluding carboxylic acids is 1. The van der Waals surface area contributed by atoms with Crippen LogP contribution in [-0.2, 0) is 11.2 Å². The summed E-state index contributed by atoms with van der Waals surface area (Å²) in [5, 5.41) is 18.3. The largest absolute Gasteiger partial charge is 0.406 e. The fourth-order valence-electron chi connectivity index (χ4n) is 5.91. The number of carbonyl (C=O) groups is 1. The van der Waals surface area contributed by atoms with Crippen LogP contribution in [0.15, 0.2) is 36.4 Å². The second-order valence-electron chi connectivity index (χ2n) is 11.9. The molecule has 5 heteroatoms. The first-order chi connectivity index (χ1) is 19.6. The summed E-state index contributed by atoms with van der Waals surface area (Å²) in [5.74, 6) is -0.174. The van der Waals surface area contributed by atoms with Crippen molar-refractivity contribution in [1.29, 1.82) is 5.26 Å². The maximum atomic E-state index is 12.8. The van der Waals surface area contributed by atoms with Crippen LogP contribution in [0.25, 0.3) is 11.3 Å². The number of aryl methyl sites for hydroxylation is 1. The van der Waals surface area contributed by atoms with Crippen molar-refractivity contribution >= 4 is 5.97 Å². The number of unbranched alkanes of at least 4 members (excludes halogenated alkanes) is 11. The molecule has 1 aromatic heterocycles. The molecule has 1 saturated carbocycles. The normalized spacial score (nSPS) is 18.8. The Balaban J connectivity index is 1.39. The van der Waals surface area contributed by atoms with Crippen molar-refractivity contribution in [2.75, 3.05) is 0 Å². The van der Waals surface area contributed by atoms with Gasteiger partial charge in [-0.05, 0) is 56.6 Å². The molecule has 1 heterocycles. The Kier molecular flexibility index (Phi) is 14.2. The van der Waals surface area contributed by atoms with E-state index in [9.17, 15) is 10.1 Å². The van der Waals surface area contributed by atoms with Crippen LogP contribution in [0.3, 0.4) is 0 Å². The second kappa shape index (κ2) is 17.8. The highest BCUT2D eigenvalue weighted by atomic mass is 16.5. The molecule has 0 saturated heterocycles. The van der Waals surface area contributed by atoms with Gasteiger partial charge >= 0.3 is 5.97 Å². The third-order valence-electron chi connectivity index (χ3n) is 8.69. The van der Waals surface area contributed by atoms with E-state index in [-0.39, 0.29) is 23.2 Å². The molecule has 1 aromatic carbocycles. The third-order valence-corrected chi connectivity index (χ3v) is 8.69. The predicted octanol–water partition coefficient (Wildman–Crippen LogP) is 9.79. The molecule has 2 aromatic rings. The fourth-order valence-corrected chi connectivity index (χ4v) is 5.91. The maximum absolute atomic E-state index is 12.8. The van der Waals surface area contributed by atoms with Crippen molar-refractivity contribution in [1.82, 2.24) is 10.2 Å². The number of ether oxygens (including phenoxy) is 1. The van der Waals surface area contributed by atoms with Gasteiger partial charge < -0.3 is 4.74 Å². The SMILES string of the molecule is CCCCCCCCCCc1ccc(-c2ccc(OC(=O)[C@H]3CC[C@@](C#N)(CCCCCCC)CC3)nn2)cc1. The molecule has 0 radical (unpaired) electrons. The molecule has 0 N–H and O–H groups in total. The highest BCUT2D eigenvalue weighted by molar-refractivity contribution is 5.75. The van der Waals surface area contributed by atoms with Crippen molar-refractivity contribution in [3.63, 3.8) is 0 Å². The van der Waals surface area contributed by atoms with Gasteiger partial charge in [-0.25, -0.2) is 0 Å². The summed E-state index contributed by atoms with van der Waals surface area (Å²) in [4.78, 5) is 12.8. The lowest BCUT2D eigenvalue weighted by atomic mass is 9.69. The number of hydrogen-bond acceptors (Lipinski definition) is 5. The van der Waals surface area contributed by atoms with Crippen LogP contribution >= 0.6 is 0 Å². The van der Waals surface area contributed by atoms with Crippen LogP contribution in [-0.4, -0.2) is 16.2 Å². The third kappa shape index (κ3) is 10.7. The van der Waals surface area contributed by atoms with Crippen LogP contribution in [0.4, 0.5) is 0 Å². The number of rotatable bonds is 18. The minimum absolute atomic E-state index is 0.170. The second-order valence-corrected chi connectivity index (χ2v) is 11.9. The van der Waals surface area contributed by atoms with Crippen LogP contribution in [0.2, 0.25) is 0 Å². The molecule has 0 unspecified atom stereocenters. The minimum atomic E-state index is -0.270. The van der Waals surface area contributed by atoms with Crippen molar-refractivity contribution in [3.05, 3.63) is 42.0 Å². The molecule has 0 aliphatic heterocycles. The smallest absolute Gasteiger partial charge is 0.315 e. The maximum Gasteiger partial charge on any atom is 0.315 e. The minimum Gasteiger partial charge on any atom is -0.406 e. The van der Waals surface area contributed by atoms with Gasteiger partial charge in [-0.2, -0.15) is 5.26 Å². The summed E-state index contributed by atoms with van der Waals surface area (Å²) < 4.78 is 5.59. The van der Waals surface area contributed by atoms with E-state index in [0.717, 1.165) is 43.4 Å². The van der Waals surface area contributed by atoms with E-state index in [1.807, 2.05) is 6.07 Å². The average Bonchev–Trinajstić information content (AvgIpc) is 2.99. The molecule has 5 nitrogen and oxygen atoms in total. The molecule has 1 aliphatic carbocycles. The fraction of sp³-hybridized carbons (Fsp3) is 0.657. The molecule has 1 aliphatic rings. The van der Waals surface area contributed by atoms with E-state index >= 15 is 0 Å². The van der Waals surface area contributed by atoms with E-state index in [1.165, 1.54) is 82.6 Å². The van der Waals surface area contributed by atoms with Crippen molar-refractivity contribution < 1.29 is 9.53 Å². The quantitative estimate of drug-likeness (QED) is 0.138. The molecule has 0 atom stereocenters. The van der Waals surface area contributed by atoms with Crippen LogP contribution in [0, 0.1) is 22.7 Å².